The molecule has 4 heterocycles. The van der Waals surface area contributed by atoms with Gasteiger partial charge in [0, 0.05) is 49.4 Å². The van der Waals surface area contributed by atoms with E-state index >= 15 is 0 Å². The maximum atomic E-state index is 14.8. The highest BCUT2D eigenvalue weighted by Crippen LogP contribution is 2.47. The molecule has 0 bridgehead atoms. The van der Waals surface area contributed by atoms with Crippen molar-refractivity contribution in [2.45, 2.75) is 18.6 Å². The van der Waals surface area contributed by atoms with E-state index in [1.54, 1.807) is 17.2 Å². The summed E-state index contributed by atoms with van der Waals surface area (Å²) in [5.41, 5.74) is -0.722. The summed E-state index contributed by atoms with van der Waals surface area (Å²) in [5.74, 6) is -0.168. The lowest BCUT2D eigenvalue weighted by molar-refractivity contribution is -0.138. The van der Waals surface area contributed by atoms with Gasteiger partial charge in [-0.2, -0.15) is 22.5 Å². The van der Waals surface area contributed by atoms with Crippen molar-refractivity contribution >= 4 is 40.6 Å². The first kappa shape index (κ1) is 27.4. The number of hydrogen-bond acceptors (Lipinski definition) is 10. The van der Waals surface area contributed by atoms with Gasteiger partial charge in [0.25, 0.3) is 0 Å². The van der Waals surface area contributed by atoms with Crippen molar-refractivity contribution in [2.24, 2.45) is 4.99 Å². The van der Waals surface area contributed by atoms with Crippen LogP contribution in [0.5, 0.6) is 11.6 Å². The first-order chi connectivity index (χ1) is 19.1. The number of carboxylic acids is 1. The van der Waals surface area contributed by atoms with Crippen molar-refractivity contribution in [1.29, 1.82) is 0 Å². The number of halogens is 4. The number of rotatable bonds is 6. The number of anilines is 2. The largest absolute Gasteiger partial charge is 0.495 e. The van der Waals surface area contributed by atoms with Crippen LogP contribution in [-0.4, -0.2) is 72.3 Å². The van der Waals surface area contributed by atoms with Crippen molar-refractivity contribution in [3.8, 4) is 11.6 Å². The Morgan fingerprint density at radius 1 is 1.12 bits per heavy atom. The van der Waals surface area contributed by atoms with Crippen LogP contribution in [0.15, 0.2) is 40.8 Å². The van der Waals surface area contributed by atoms with Crippen LogP contribution >= 0.6 is 11.3 Å². The second-order valence-electron chi connectivity index (χ2n) is 8.97. The number of methoxy groups -OCH3 is 2. The van der Waals surface area contributed by atoms with E-state index in [0.29, 0.717) is 38.0 Å². The van der Waals surface area contributed by atoms with Crippen LogP contribution in [0.1, 0.15) is 23.6 Å². The molecule has 15 heteroatoms. The number of nitrogens with zero attached hydrogens (tertiary/aromatic N) is 6. The first-order valence-corrected chi connectivity index (χ1v) is 13.0. The van der Waals surface area contributed by atoms with E-state index in [1.807, 2.05) is 4.90 Å². The molecule has 0 saturated carbocycles. The molecule has 0 aliphatic carbocycles. The number of benzene rings is 1. The van der Waals surface area contributed by atoms with Crippen LogP contribution in [0.25, 0.3) is 0 Å². The van der Waals surface area contributed by atoms with Crippen molar-refractivity contribution < 1.29 is 36.9 Å². The molecule has 212 valence electrons. The molecule has 10 nitrogen and oxygen atoms in total. The van der Waals surface area contributed by atoms with E-state index in [-0.39, 0.29) is 28.6 Å². The average molecular weight is 581 g/mol. The van der Waals surface area contributed by atoms with Gasteiger partial charge in [-0.3, -0.25) is 4.79 Å². The Morgan fingerprint density at radius 3 is 2.50 bits per heavy atom. The molecular weight excluding hydrogens is 556 g/mol. The number of aliphatic carboxylic acids is 1. The zero-order chi connectivity index (χ0) is 28.6. The summed E-state index contributed by atoms with van der Waals surface area (Å²) in [7, 11) is 2.80. The van der Waals surface area contributed by atoms with Gasteiger partial charge in [0.15, 0.2) is 0 Å². The zero-order valence-corrected chi connectivity index (χ0v) is 22.2. The van der Waals surface area contributed by atoms with Gasteiger partial charge in [-0.25, -0.2) is 9.98 Å². The minimum absolute atomic E-state index is 0.0213. The molecule has 0 unspecified atom stereocenters. The molecule has 1 fully saturated rings. The highest BCUT2D eigenvalue weighted by molar-refractivity contribution is 7.08. The number of ether oxygens (including phenoxy) is 2. The van der Waals surface area contributed by atoms with Gasteiger partial charge in [-0.15, -0.1) is 11.3 Å². The Balaban J connectivity index is 1.58. The Kier molecular flexibility index (Phi) is 7.40. The fourth-order valence-electron chi connectivity index (χ4n) is 4.74. The Bertz CT molecular complexity index is 1440. The number of hydrogen-bond donors (Lipinski definition) is 1. The number of fused-ring (bicyclic) bond motifs is 1. The summed E-state index contributed by atoms with van der Waals surface area (Å²) in [5, 5.41) is 10.6. The van der Waals surface area contributed by atoms with Crippen molar-refractivity contribution in [3.05, 3.63) is 52.1 Å². The molecule has 2 aliphatic rings. The zero-order valence-electron chi connectivity index (χ0n) is 21.4. The summed E-state index contributed by atoms with van der Waals surface area (Å²) in [4.78, 5) is 30.2. The Morgan fingerprint density at radius 2 is 1.85 bits per heavy atom. The molecular formula is C25H24F4N6O4S. The van der Waals surface area contributed by atoms with Crippen LogP contribution in [0, 0.1) is 5.13 Å². The first-order valence-electron chi connectivity index (χ1n) is 12.1. The third-order valence-corrected chi connectivity index (χ3v) is 7.42. The number of carbonyl (C=O) groups is 1. The van der Waals surface area contributed by atoms with Gasteiger partial charge < -0.3 is 29.3 Å². The minimum atomic E-state index is -4.67. The lowest BCUT2D eigenvalue weighted by Gasteiger charge is -2.44. The summed E-state index contributed by atoms with van der Waals surface area (Å²) in [6.07, 6.45) is -3.62. The number of thiophene rings is 1. The predicted molar refractivity (Wildman–Crippen MR) is 139 cm³/mol. The summed E-state index contributed by atoms with van der Waals surface area (Å²) >= 11 is 0.756. The van der Waals surface area contributed by atoms with Crippen molar-refractivity contribution in [3.63, 3.8) is 0 Å². The summed E-state index contributed by atoms with van der Waals surface area (Å²) in [6, 6.07) is 3.54. The van der Waals surface area contributed by atoms with Gasteiger partial charge >= 0.3 is 12.1 Å². The molecule has 1 N–H and O–H groups in total. The van der Waals surface area contributed by atoms with Crippen molar-refractivity contribution in [2.75, 3.05) is 50.2 Å². The minimum Gasteiger partial charge on any atom is -0.495 e. The van der Waals surface area contributed by atoms with E-state index in [9.17, 15) is 27.5 Å². The van der Waals surface area contributed by atoms with E-state index in [0.717, 1.165) is 23.5 Å². The van der Waals surface area contributed by atoms with Crippen LogP contribution in [0.4, 0.5) is 34.9 Å². The van der Waals surface area contributed by atoms with E-state index in [1.165, 1.54) is 30.6 Å². The van der Waals surface area contributed by atoms with E-state index in [4.69, 9.17) is 9.47 Å². The van der Waals surface area contributed by atoms with Gasteiger partial charge in [0.1, 0.15) is 11.4 Å². The normalized spacial score (nSPS) is 17.4. The SMILES string of the molecule is COc1ccnc(N2CCN(C3=Nc4c(csc4F)[C@@H](CC(=O)O)N3c3cc(C(F)(F)F)ccc3OC)CC2)n1. The Hall–Kier alpha value is -4.14. The number of aromatic nitrogens is 2. The Labute approximate surface area is 230 Å². The second kappa shape index (κ2) is 10.8. The maximum absolute atomic E-state index is 14.8. The van der Waals surface area contributed by atoms with Gasteiger partial charge in [-0.1, -0.05) is 0 Å². The number of carboxylic acid groups (broad SMARTS) is 1. The highest BCUT2D eigenvalue weighted by atomic mass is 32.1. The molecule has 1 saturated heterocycles. The third kappa shape index (κ3) is 5.20. The molecule has 2 aliphatic heterocycles. The standard InChI is InChI=1S/C25H24F4N6O4S/c1-38-18-4-3-14(25(27,28)29)11-17(18)35-16(12-20(36)37)15-13-40-22(26)21(15)32-24(35)34-9-7-33(8-10-34)23-30-6-5-19(31-23)39-2/h3-6,11,13,16H,7-10,12H2,1-2H3,(H,36,37)/t16-/m1/s1. The second-order valence-corrected chi connectivity index (χ2v) is 9.80. The molecule has 0 radical (unpaired) electrons. The lowest BCUT2D eigenvalue weighted by Crippen LogP contribution is -2.55. The third-order valence-electron chi connectivity index (χ3n) is 6.65. The highest BCUT2D eigenvalue weighted by Gasteiger charge is 2.41. The smallest absolute Gasteiger partial charge is 0.416 e. The predicted octanol–water partition coefficient (Wildman–Crippen LogP) is 4.56. The number of alkyl halides is 3. The topological polar surface area (TPSA) is 104 Å². The average Bonchev–Trinajstić information content (AvgIpc) is 3.32. The molecule has 1 aromatic carbocycles. The molecule has 0 spiro atoms. The summed E-state index contributed by atoms with van der Waals surface area (Å²) < 4.78 is 66.7. The van der Waals surface area contributed by atoms with Crippen LogP contribution in [0.2, 0.25) is 0 Å². The van der Waals surface area contributed by atoms with E-state index in [2.05, 4.69) is 15.0 Å². The molecule has 5 rings (SSSR count). The van der Waals surface area contributed by atoms with Crippen LogP contribution < -0.4 is 19.3 Å². The van der Waals surface area contributed by atoms with Gasteiger partial charge in [0.05, 0.1) is 37.9 Å². The molecule has 1 atom stereocenters. The summed E-state index contributed by atoms with van der Waals surface area (Å²) in [6.45, 7) is 1.45. The van der Waals surface area contributed by atoms with Crippen LogP contribution in [-0.2, 0) is 11.0 Å². The number of guanidine groups is 1. The fourth-order valence-corrected chi connectivity index (χ4v) is 5.52. The van der Waals surface area contributed by atoms with Crippen molar-refractivity contribution in [1.82, 2.24) is 14.9 Å². The number of piperazine rings is 1. The molecule has 40 heavy (non-hydrogen) atoms. The quantitative estimate of drug-likeness (QED) is 0.421. The monoisotopic (exact) mass is 580 g/mol. The van der Waals surface area contributed by atoms with Gasteiger partial charge in [0.2, 0.25) is 22.9 Å². The number of aliphatic imine (C=N–C) groups is 1. The molecule has 2 aromatic heterocycles. The van der Waals surface area contributed by atoms with Crippen LogP contribution in [0.3, 0.4) is 0 Å². The van der Waals surface area contributed by atoms with Gasteiger partial charge in [-0.05, 0) is 18.2 Å². The molecule has 3 aromatic rings. The molecule has 0 amide bonds. The van der Waals surface area contributed by atoms with E-state index < -0.39 is 35.3 Å². The maximum Gasteiger partial charge on any atom is 0.416 e. The lowest BCUT2D eigenvalue weighted by atomic mass is 10.00. The fraction of sp³-hybridized carbons (Fsp3) is 0.360.